The highest BCUT2D eigenvalue weighted by atomic mass is 15.3. The summed E-state index contributed by atoms with van der Waals surface area (Å²) in [6.45, 7) is 12.7. The molecule has 184 valence electrons. The highest BCUT2D eigenvalue weighted by Crippen LogP contribution is 2.43. The van der Waals surface area contributed by atoms with Gasteiger partial charge in [0.25, 0.3) is 0 Å². The molecule has 1 saturated heterocycles. The van der Waals surface area contributed by atoms with Crippen LogP contribution < -0.4 is 0 Å². The van der Waals surface area contributed by atoms with Crippen LogP contribution in [0.2, 0.25) is 0 Å². The lowest BCUT2D eigenvalue weighted by atomic mass is 9.67. The largest absolute Gasteiger partial charge is 0.301 e. The van der Waals surface area contributed by atoms with E-state index in [1.165, 1.54) is 75.2 Å². The Morgan fingerprint density at radius 3 is 2.09 bits per heavy atom. The van der Waals surface area contributed by atoms with Crippen molar-refractivity contribution in [3.05, 3.63) is 107 Å². The lowest BCUT2D eigenvalue weighted by Gasteiger charge is -2.45. The molecular formula is C32H41N3. The molecule has 0 amide bonds. The molecule has 0 bridgehead atoms. The highest BCUT2D eigenvalue weighted by molar-refractivity contribution is 5.46. The molecule has 0 saturated carbocycles. The third-order valence-electron chi connectivity index (χ3n) is 8.08. The number of benzene rings is 3. The van der Waals surface area contributed by atoms with E-state index in [-0.39, 0.29) is 5.41 Å². The van der Waals surface area contributed by atoms with Gasteiger partial charge in [-0.05, 0) is 54.6 Å². The average molecular weight is 468 g/mol. The first-order valence-corrected chi connectivity index (χ1v) is 13.6. The number of piperazine rings is 1. The van der Waals surface area contributed by atoms with Gasteiger partial charge in [-0.3, -0.25) is 9.80 Å². The first-order valence-electron chi connectivity index (χ1n) is 13.6. The Labute approximate surface area is 212 Å². The lowest BCUT2D eigenvalue weighted by molar-refractivity contribution is 0.121. The Balaban J connectivity index is 1.26. The SMILES string of the molecule is CCCN1Cc2ccccc2C(CCCN2CCN(Cc3ccccc3)CC2)(c2ccccc2)C1. The molecule has 2 aliphatic rings. The third-order valence-corrected chi connectivity index (χ3v) is 8.08. The van der Waals surface area contributed by atoms with Crippen LogP contribution in [0.4, 0.5) is 0 Å². The van der Waals surface area contributed by atoms with Crippen molar-refractivity contribution in [2.75, 3.05) is 45.8 Å². The maximum absolute atomic E-state index is 2.69. The average Bonchev–Trinajstić information content (AvgIpc) is 2.91. The van der Waals surface area contributed by atoms with Gasteiger partial charge in [-0.1, -0.05) is 91.9 Å². The molecule has 0 aliphatic carbocycles. The monoisotopic (exact) mass is 467 g/mol. The molecule has 35 heavy (non-hydrogen) atoms. The normalized spacial score (nSPS) is 21.6. The van der Waals surface area contributed by atoms with Gasteiger partial charge in [0.05, 0.1) is 0 Å². The van der Waals surface area contributed by atoms with Crippen molar-refractivity contribution in [3.8, 4) is 0 Å². The summed E-state index contributed by atoms with van der Waals surface area (Å²) in [5.41, 5.74) is 6.08. The fraction of sp³-hybridized carbons (Fsp3) is 0.438. The molecule has 0 radical (unpaired) electrons. The maximum atomic E-state index is 2.69. The molecule has 5 rings (SSSR count). The fourth-order valence-corrected chi connectivity index (χ4v) is 6.34. The Morgan fingerprint density at radius 1 is 0.686 bits per heavy atom. The summed E-state index contributed by atoms with van der Waals surface area (Å²) in [6, 6.07) is 31.5. The van der Waals surface area contributed by atoms with Gasteiger partial charge in [-0.2, -0.15) is 0 Å². The number of nitrogens with zero attached hydrogens (tertiary/aromatic N) is 3. The maximum Gasteiger partial charge on any atom is 0.0333 e. The molecule has 1 atom stereocenters. The predicted octanol–water partition coefficient (Wildman–Crippen LogP) is 5.80. The molecule has 0 N–H and O–H groups in total. The minimum absolute atomic E-state index is 0.0837. The summed E-state index contributed by atoms with van der Waals surface area (Å²) in [5, 5.41) is 0. The van der Waals surface area contributed by atoms with Crippen molar-refractivity contribution >= 4 is 0 Å². The lowest BCUT2D eigenvalue weighted by Crippen LogP contribution is -2.48. The van der Waals surface area contributed by atoms with Crippen molar-refractivity contribution in [1.29, 1.82) is 0 Å². The van der Waals surface area contributed by atoms with Crippen LogP contribution in [0.1, 0.15) is 48.4 Å². The third kappa shape index (κ3) is 5.69. The Bertz CT molecular complexity index is 1040. The van der Waals surface area contributed by atoms with Crippen molar-refractivity contribution in [1.82, 2.24) is 14.7 Å². The number of hydrogen-bond acceptors (Lipinski definition) is 3. The van der Waals surface area contributed by atoms with E-state index in [9.17, 15) is 0 Å². The van der Waals surface area contributed by atoms with Gasteiger partial charge in [-0.15, -0.1) is 0 Å². The summed E-state index contributed by atoms with van der Waals surface area (Å²) in [6.07, 6.45) is 3.65. The van der Waals surface area contributed by atoms with Crippen LogP contribution in [0.3, 0.4) is 0 Å². The summed E-state index contributed by atoms with van der Waals surface area (Å²) in [7, 11) is 0. The smallest absolute Gasteiger partial charge is 0.0333 e. The van der Waals surface area contributed by atoms with E-state index in [1.807, 2.05) is 0 Å². The van der Waals surface area contributed by atoms with Gasteiger partial charge in [0.15, 0.2) is 0 Å². The summed E-state index contributed by atoms with van der Waals surface area (Å²) in [4.78, 5) is 7.99. The van der Waals surface area contributed by atoms with E-state index >= 15 is 0 Å². The molecule has 3 heteroatoms. The van der Waals surface area contributed by atoms with Gasteiger partial charge in [0, 0.05) is 51.2 Å². The van der Waals surface area contributed by atoms with E-state index in [4.69, 9.17) is 0 Å². The Morgan fingerprint density at radius 2 is 1.34 bits per heavy atom. The molecule has 3 aromatic rings. The molecule has 3 aromatic carbocycles. The summed E-state index contributed by atoms with van der Waals surface area (Å²) in [5.74, 6) is 0. The van der Waals surface area contributed by atoms with Crippen LogP contribution in [0.15, 0.2) is 84.9 Å². The Kier molecular flexibility index (Phi) is 7.98. The highest BCUT2D eigenvalue weighted by Gasteiger charge is 2.40. The van der Waals surface area contributed by atoms with E-state index in [0.717, 1.165) is 19.6 Å². The van der Waals surface area contributed by atoms with E-state index in [2.05, 4.69) is 107 Å². The van der Waals surface area contributed by atoms with Crippen LogP contribution in [-0.4, -0.2) is 60.5 Å². The van der Waals surface area contributed by atoms with Crippen LogP contribution in [0.5, 0.6) is 0 Å². The molecule has 0 spiro atoms. The first-order chi connectivity index (χ1) is 17.3. The summed E-state index contributed by atoms with van der Waals surface area (Å²) < 4.78 is 0. The second-order valence-electron chi connectivity index (χ2n) is 10.5. The number of rotatable bonds is 9. The summed E-state index contributed by atoms with van der Waals surface area (Å²) >= 11 is 0. The molecular weight excluding hydrogens is 426 g/mol. The first kappa shape index (κ1) is 24.2. The zero-order valence-electron chi connectivity index (χ0n) is 21.4. The van der Waals surface area contributed by atoms with Crippen LogP contribution in [0, 0.1) is 0 Å². The zero-order chi connectivity index (χ0) is 23.9. The quantitative estimate of drug-likeness (QED) is 0.394. The Hall–Kier alpha value is -2.46. The van der Waals surface area contributed by atoms with Gasteiger partial charge < -0.3 is 4.90 Å². The molecule has 2 heterocycles. The fourth-order valence-electron chi connectivity index (χ4n) is 6.34. The van der Waals surface area contributed by atoms with Crippen molar-refractivity contribution < 1.29 is 0 Å². The molecule has 0 aromatic heterocycles. The van der Waals surface area contributed by atoms with Crippen LogP contribution in [-0.2, 0) is 18.5 Å². The molecule has 2 aliphatic heterocycles. The molecule has 3 nitrogen and oxygen atoms in total. The molecule has 1 fully saturated rings. The molecule has 1 unspecified atom stereocenters. The van der Waals surface area contributed by atoms with Crippen molar-refractivity contribution in [2.45, 2.75) is 44.7 Å². The van der Waals surface area contributed by atoms with Gasteiger partial charge >= 0.3 is 0 Å². The second-order valence-corrected chi connectivity index (χ2v) is 10.5. The van der Waals surface area contributed by atoms with Crippen LogP contribution in [0.25, 0.3) is 0 Å². The minimum Gasteiger partial charge on any atom is -0.301 e. The van der Waals surface area contributed by atoms with E-state index in [1.54, 1.807) is 5.56 Å². The zero-order valence-corrected chi connectivity index (χ0v) is 21.4. The number of fused-ring (bicyclic) bond motifs is 1. The van der Waals surface area contributed by atoms with Gasteiger partial charge in [-0.25, -0.2) is 0 Å². The van der Waals surface area contributed by atoms with Crippen LogP contribution >= 0.6 is 0 Å². The van der Waals surface area contributed by atoms with Gasteiger partial charge in [0.2, 0.25) is 0 Å². The standard InChI is InChI=1S/C32H41N3/c1-2-19-35-26-29-14-9-10-17-31(29)32(27-35,30-15-7-4-8-16-30)18-11-20-33-21-23-34(24-22-33)25-28-12-5-3-6-13-28/h3-10,12-17H,2,11,18-27H2,1H3. The van der Waals surface area contributed by atoms with Gasteiger partial charge in [0.1, 0.15) is 0 Å². The minimum atomic E-state index is 0.0837. The van der Waals surface area contributed by atoms with Crippen molar-refractivity contribution in [3.63, 3.8) is 0 Å². The van der Waals surface area contributed by atoms with E-state index in [0.29, 0.717) is 0 Å². The predicted molar refractivity (Wildman–Crippen MR) is 147 cm³/mol. The second kappa shape index (κ2) is 11.5. The topological polar surface area (TPSA) is 9.72 Å². The van der Waals surface area contributed by atoms with Crippen molar-refractivity contribution in [2.24, 2.45) is 0 Å². The van der Waals surface area contributed by atoms with E-state index < -0.39 is 0 Å². The number of hydrogen-bond donors (Lipinski definition) is 0.